The highest BCUT2D eigenvalue weighted by Crippen LogP contribution is 2.22. The van der Waals surface area contributed by atoms with Gasteiger partial charge in [0.15, 0.2) is 6.61 Å². The number of anilines is 1. The number of nitrogens with zero attached hydrogens (tertiary/aromatic N) is 1. The highest BCUT2D eigenvalue weighted by Gasteiger charge is 2.23. The minimum atomic E-state index is -0.629. The van der Waals surface area contributed by atoms with Gasteiger partial charge in [-0.15, -0.1) is 0 Å². The van der Waals surface area contributed by atoms with Crippen molar-refractivity contribution in [3.05, 3.63) is 65.7 Å². The van der Waals surface area contributed by atoms with Crippen LogP contribution in [0.4, 0.5) is 5.69 Å². The largest absolute Gasteiger partial charge is 0.452 e. The molecule has 2 aromatic carbocycles. The molecule has 2 amide bonds. The lowest BCUT2D eigenvalue weighted by atomic mass is 9.94. The zero-order chi connectivity index (χ0) is 21.3. The second-order valence-corrected chi connectivity index (χ2v) is 7.63. The summed E-state index contributed by atoms with van der Waals surface area (Å²) in [7, 11) is 1.77. The summed E-state index contributed by atoms with van der Waals surface area (Å²) in [5, 5.41) is 2.77. The lowest BCUT2D eigenvalue weighted by Gasteiger charge is -2.31. The van der Waals surface area contributed by atoms with Gasteiger partial charge in [0.05, 0.1) is 17.7 Å². The van der Waals surface area contributed by atoms with Gasteiger partial charge in [0.1, 0.15) is 0 Å². The van der Waals surface area contributed by atoms with E-state index in [9.17, 15) is 14.4 Å². The normalized spacial score (nSPS) is 14.0. The summed E-state index contributed by atoms with van der Waals surface area (Å²) in [5.74, 6) is -1.06. The predicted molar refractivity (Wildman–Crippen MR) is 115 cm³/mol. The monoisotopic (exact) mass is 408 g/mol. The molecule has 0 unspecified atom stereocenters. The molecule has 0 heterocycles. The van der Waals surface area contributed by atoms with E-state index in [1.807, 2.05) is 30.3 Å². The summed E-state index contributed by atoms with van der Waals surface area (Å²) in [5.41, 5.74) is 1.48. The van der Waals surface area contributed by atoms with Crippen molar-refractivity contribution in [2.24, 2.45) is 0 Å². The molecule has 0 radical (unpaired) electrons. The number of carbonyl (C=O) groups excluding carboxylic acids is 3. The van der Waals surface area contributed by atoms with E-state index < -0.39 is 5.97 Å². The molecule has 0 bridgehead atoms. The van der Waals surface area contributed by atoms with Gasteiger partial charge in [0.2, 0.25) is 5.91 Å². The summed E-state index contributed by atoms with van der Waals surface area (Å²) >= 11 is 0. The van der Waals surface area contributed by atoms with E-state index in [0.717, 1.165) is 31.2 Å². The Morgan fingerprint density at radius 3 is 2.37 bits per heavy atom. The van der Waals surface area contributed by atoms with E-state index in [2.05, 4.69) is 5.32 Å². The molecule has 1 saturated carbocycles. The molecule has 3 rings (SSSR count). The fraction of sp³-hybridized carbons (Fsp3) is 0.375. The maximum absolute atomic E-state index is 12.6. The summed E-state index contributed by atoms with van der Waals surface area (Å²) in [6, 6.07) is 16.2. The molecular formula is C24H28N2O4. The molecule has 0 spiro atoms. The van der Waals surface area contributed by atoms with Crippen LogP contribution in [0.2, 0.25) is 0 Å². The Kier molecular flexibility index (Phi) is 7.60. The average molecular weight is 408 g/mol. The van der Waals surface area contributed by atoms with Crippen LogP contribution in [0.1, 0.15) is 48.0 Å². The number of hydrogen-bond acceptors (Lipinski definition) is 4. The maximum Gasteiger partial charge on any atom is 0.340 e. The van der Waals surface area contributed by atoms with Gasteiger partial charge in [-0.3, -0.25) is 9.59 Å². The van der Waals surface area contributed by atoms with Crippen LogP contribution in [-0.4, -0.2) is 42.4 Å². The first-order valence-corrected chi connectivity index (χ1v) is 10.4. The second-order valence-electron chi connectivity index (χ2n) is 7.63. The van der Waals surface area contributed by atoms with Crippen LogP contribution in [0.15, 0.2) is 54.6 Å². The van der Waals surface area contributed by atoms with Gasteiger partial charge >= 0.3 is 5.97 Å². The average Bonchev–Trinajstić information content (AvgIpc) is 2.78. The number of esters is 1. The first-order chi connectivity index (χ1) is 14.5. The lowest BCUT2D eigenvalue weighted by Crippen LogP contribution is -2.40. The zero-order valence-corrected chi connectivity index (χ0v) is 17.3. The Bertz CT molecular complexity index is 876. The summed E-state index contributed by atoms with van der Waals surface area (Å²) in [6.45, 7) is -0.307. The quantitative estimate of drug-likeness (QED) is 0.707. The van der Waals surface area contributed by atoms with E-state index >= 15 is 0 Å². The molecule has 1 fully saturated rings. The molecule has 0 saturated heterocycles. The highest BCUT2D eigenvalue weighted by molar-refractivity contribution is 6.02. The zero-order valence-electron chi connectivity index (χ0n) is 17.3. The van der Waals surface area contributed by atoms with Crippen LogP contribution < -0.4 is 5.32 Å². The van der Waals surface area contributed by atoms with E-state index in [0.29, 0.717) is 5.69 Å². The molecule has 1 N–H and O–H groups in total. The number of likely N-dealkylation sites (N-methyl/N-ethyl adjacent to an activating group) is 1. The Morgan fingerprint density at radius 1 is 0.967 bits per heavy atom. The number of hydrogen-bond donors (Lipinski definition) is 1. The van der Waals surface area contributed by atoms with Gasteiger partial charge in [-0.25, -0.2) is 4.79 Å². The highest BCUT2D eigenvalue weighted by atomic mass is 16.5. The van der Waals surface area contributed by atoms with Crippen LogP contribution in [0.25, 0.3) is 0 Å². The van der Waals surface area contributed by atoms with Gasteiger partial charge in [0.25, 0.3) is 5.91 Å². The van der Waals surface area contributed by atoms with E-state index in [-0.39, 0.29) is 36.4 Å². The number of carbonyl (C=O) groups is 3. The topological polar surface area (TPSA) is 75.7 Å². The third kappa shape index (κ3) is 5.92. The molecule has 0 atom stereocenters. The predicted octanol–water partition coefficient (Wildman–Crippen LogP) is 3.82. The van der Waals surface area contributed by atoms with Crippen LogP contribution in [-0.2, 0) is 20.7 Å². The van der Waals surface area contributed by atoms with Crippen molar-refractivity contribution in [1.29, 1.82) is 0 Å². The Balaban J connectivity index is 1.57. The lowest BCUT2D eigenvalue weighted by molar-refractivity contribution is -0.135. The number of nitrogens with one attached hydrogen (secondary N) is 1. The smallest absolute Gasteiger partial charge is 0.340 e. The molecule has 1 aliphatic carbocycles. The molecule has 0 aliphatic heterocycles. The fourth-order valence-corrected chi connectivity index (χ4v) is 3.72. The van der Waals surface area contributed by atoms with Crippen molar-refractivity contribution in [3.8, 4) is 0 Å². The number of ether oxygens (including phenoxy) is 1. The summed E-state index contributed by atoms with van der Waals surface area (Å²) in [6.07, 6.45) is 5.64. The molecule has 0 aromatic heterocycles. The fourth-order valence-electron chi connectivity index (χ4n) is 3.72. The Morgan fingerprint density at radius 2 is 1.63 bits per heavy atom. The van der Waals surface area contributed by atoms with Gasteiger partial charge < -0.3 is 15.0 Å². The summed E-state index contributed by atoms with van der Waals surface area (Å²) in [4.78, 5) is 39.0. The Labute approximate surface area is 177 Å². The van der Waals surface area contributed by atoms with Gasteiger partial charge in [-0.2, -0.15) is 0 Å². The van der Waals surface area contributed by atoms with Crippen molar-refractivity contribution in [2.45, 2.75) is 44.6 Å². The molecule has 158 valence electrons. The SMILES string of the molecule is CN(C(=O)COC(=O)c1ccccc1NC(=O)Cc1ccccc1)C1CCCCC1. The first kappa shape index (κ1) is 21.6. The van der Waals surface area contributed by atoms with Crippen LogP contribution in [0.3, 0.4) is 0 Å². The molecule has 6 nitrogen and oxygen atoms in total. The van der Waals surface area contributed by atoms with Gasteiger partial charge in [0, 0.05) is 13.1 Å². The minimum Gasteiger partial charge on any atom is -0.452 e. The number of benzene rings is 2. The molecule has 30 heavy (non-hydrogen) atoms. The van der Waals surface area contributed by atoms with Crippen molar-refractivity contribution in [2.75, 3.05) is 19.0 Å². The second kappa shape index (κ2) is 10.6. The van der Waals surface area contributed by atoms with Crippen molar-refractivity contribution < 1.29 is 19.1 Å². The van der Waals surface area contributed by atoms with Crippen molar-refractivity contribution in [3.63, 3.8) is 0 Å². The minimum absolute atomic E-state index is 0.203. The summed E-state index contributed by atoms with van der Waals surface area (Å²) < 4.78 is 5.26. The molecular weight excluding hydrogens is 380 g/mol. The van der Waals surface area contributed by atoms with Gasteiger partial charge in [-0.05, 0) is 30.5 Å². The van der Waals surface area contributed by atoms with Crippen LogP contribution >= 0.6 is 0 Å². The van der Waals surface area contributed by atoms with Crippen LogP contribution in [0.5, 0.6) is 0 Å². The van der Waals surface area contributed by atoms with Crippen molar-refractivity contribution in [1.82, 2.24) is 4.90 Å². The maximum atomic E-state index is 12.6. The number of rotatable bonds is 7. The number of para-hydroxylation sites is 1. The number of amides is 2. The van der Waals surface area contributed by atoms with Crippen LogP contribution in [0, 0.1) is 0 Å². The standard InChI is InChI=1S/C24H28N2O4/c1-26(19-12-6-3-7-13-19)23(28)17-30-24(29)20-14-8-9-15-21(20)25-22(27)16-18-10-4-2-5-11-18/h2,4-5,8-11,14-15,19H,3,6-7,12-13,16-17H2,1H3,(H,25,27). The molecule has 6 heteroatoms. The van der Waals surface area contributed by atoms with E-state index in [1.165, 1.54) is 6.42 Å². The van der Waals surface area contributed by atoms with E-state index in [4.69, 9.17) is 4.74 Å². The van der Waals surface area contributed by atoms with Gasteiger partial charge in [-0.1, -0.05) is 61.7 Å². The molecule has 2 aromatic rings. The Hall–Kier alpha value is -3.15. The first-order valence-electron chi connectivity index (χ1n) is 10.4. The van der Waals surface area contributed by atoms with Crippen molar-refractivity contribution >= 4 is 23.5 Å². The third-order valence-corrected chi connectivity index (χ3v) is 5.47. The third-order valence-electron chi connectivity index (χ3n) is 5.47. The molecule has 1 aliphatic rings. The van der Waals surface area contributed by atoms with E-state index in [1.54, 1.807) is 36.2 Å².